The third-order valence-electron chi connectivity index (χ3n) is 5.68. The van der Waals surface area contributed by atoms with E-state index in [9.17, 15) is 19.2 Å². The Morgan fingerprint density at radius 1 is 0.784 bits per heavy atom. The maximum absolute atomic E-state index is 12.6. The predicted octanol–water partition coefficient (Wildman–Crippen LogP) is 4.37. The third kappa shape index (κ3) is 11.3. The van der Waals surface area contributed by atoms with Gasteiger partial charge in [-0.1, -0.05) is 60.5 Å². The minimum atomic E-state index is -1.01. The Morgan fingerprint density at radius 2 is 1.32 bits per heavy atom. The quantitative estimate of drug-likeness (QED) is 0.264. The molecular weight excluding hydrogens is 478 g/mol. The van der Waals surface area contributed by atoms with Crippen LogP contribution in [0.4, 0.5) is 0 Å². The van der Waals surface area contributed by atoms with Crippen LogP contribution in [0.5, 0.6) is 11.5 Å². The van der Waals surface area contributed by atoms with Crippen LogP contribution in [0.3, 0.4) is 0 Å². The number of carbonyl (C=O) groups excluding carboxylic acids is 4. The number of benzene rings is 1. The van der Waals surface area contributed by atoms with E-state index in [-0.39, 0.29) is 48.2 Å². The molecule has 0 heterocycles. The number of hydrogen-bond acceptors (Lipinski definition) is 9. The van der Waals surface area contributed by atoms with Crippen LogP contribution >= 0.6 is 0 Å². The van der Waals surface area contributed by atoms with Gasteiger partial charge in [-0.3, -0.25) is 19.2 Å². The van der Waals surface area contributed by atoms with Crippen molar-refractivity contribution < 1.29 is 38.1 Å². The van der Waals surface area contributed by atoms with Crippen molar-refractivity contribution in [3.05, 3.63) is 23.8 Å². The fourth-order valence-corrected chi connectivity index (χ4v) is 3.38. The van der Waals surface area contributed by atoms with E-state index in [1.807, 2.05) is 13.8 Å². The van der Waals surface area contributed by atoms with Crippen molar-refractivity contribution in [3.8, 4) is 11.5 Å². The van der Waals surface area contributed by atoms with Gasteiger partial charge in [0.15, 0.2) is 11.5 Å². The summed E-state index contributed by atoms with van der Waals surface area (Å²) in [5.74, 6) is -2.60. The van der Waals surface area contributed by atoms with Gasteiger partial charge in [-0.15, -0.1) is 0 Å². The van der Waals surface area contributed by atoms with Crippen LogP contribution < -0.4 is 15.2 Å². The highest BCUT2D eigenvalue weighted by Gasteiger charge is 2.23. The summed E-state index contributed by atoms with van der Waals surface area (Å²) < 4.78 is 21.5. The van der Waals surface area contributed by atoms with Gasteiger partial charge in [0, 0.05) is 0 Å². The molecule has 1 aromatic carbocycles. The SMILES string of the molecule is CCCC(C)C(=O)Oc1ccc(C[C@H](N)C(=O)OC[C@H](C)OC(=O)C(C)C)cc1OC(=O)C(C)CCC. The van der Waals surface area contributed by atoms with Crippen molar-refractivity contribution in [1.82, 2.24) is 0 Å². The Bertz CT molecular complexity index is 913. The van der Waals surface area contributed by atoms with Crippen LogP contribution in [-0.4, -0.2) is 42.6 Å². The predicted molar refractivity (Wildman–Crippen MR) is 139 cm³/mol. The molecule has 4 atom stereocenters. The summed E-state index contributed by atoms with van der Waals surface area (Å²) in [5, 5.41) is 0. The minimum absolute atomic E-state index is 0.0918. The Labute approximate surface area is 220 Å². The van der Waals surface area contributed by atoms with Crippen LogP contribution in [0.15, 0.2) is 18.2 Å². The summed E-state index contributed by atoms with van der Waals surface area (Å²) in [5.41, 5.74) is 6.63. The normalized spacial score (nSPS) is 14.3. The van der Waals surface area contributed by atoms with Gasteiger partial charge in [-0.05, 0) is 43.9 Å². The number of esters is 4. The Balaban J connectivity index is 2.95. The molecule has 0 fully saturated rings. The van der Waals surface area contributed by atoms with Gasteiger partial charge in [0.2, 0.25) is 0 Å². The molecule has 2 unspecified atom stereocenters. The zero-order valence-electron chi connectivity index (χ0n) is 23.2. The lowest BCUT2D eigenvalue weighted by atomic mass is 10.0. The number of nitrogens with two attached hydrogens (primary N) is 1. The molecule has 0 aliphatic heterocycles. The van der Waals surface area contributed by atoms with Crippen molar-refractivity contribution in [2.24, 2.45) is 23.5 Å². The van der Waals surface area contributed by atoms with E-state index >= 15 is 0 Å². The van der Waals surface area contributed by atoms with Gasteiger partial charge >= 0.3 is 23.9 Å². The fourth-order valence-electron chi connectivity index (χ4n) is 3.38. The lowest BCUT2D eigenvalue weighted by Gasteiger charge is -2.18. The number of carbonyl (C=O) groups is 4. The van der Waals surface area contributed by atoms with Gasteiger partial charge in [0.1, 0.15) is 18.8 Å². The molecule has 208 valence electrons. The van der Waals surface area contributed by atoms with Crippen LogP contribution in [-0.2, 0) is 35.1 Å². The molecule has 0 aromatic heterocycles. The summed E-state index contributed by atoms with van der Waals surface area (Å²) in [6.45, 7) is 12.4. The fraction of sp³-hybridized carbons (Fsp3) is 0.643. The molecule has 0 aliphatic carbocycles. The highest BCUT2D eigenvalue weighted by molar-refractivity contribution is 5.79. The first-order chi connectivity index (χ1) is 17.4. The molecule has 0 aliphatic rings. The van der Waals surface area contributed by atoms with Gasteiger partial charge < -0.3 is 24.7 Å². The van der Waals surface area contributed by atoms with E-state index < -0.39 is 30.1 Å². The maximum Gasteiger partial charge on any atom is 0.323 e. The summed E-state index contributed by atoms with van der Waals surface area (Å²) in [4.78, 5) is 49.1. The van der Waals surface area contributed by atoms with E-state index in [0.29, 0.717) is 18.4 Å². The number of hydrogen-bond donors (Lipinski definition) is 1. The molecule has 0 bridgehead atoms. The summed E-state index contributed by atoms with van der Waals surface area (Å²) >= 11 is 0. The highest BCUT2D eigenvalue weighted by atomic mass is 16.6. The smallest absolute Gasteiger partial charge is 0.323 e. The molecular formula is C28H43NO8. The second kappa shape index (κ2) is 16.0. The molecule has 1 aromatic rings. The molecule has 0 amide bonds. The average Bonchev–Trinajstić information content (AvgIpc) is 2.83. The van der Waals surface area contributed by atoms with E-state index in [2.05, 4.69) is 0 Å². The number of ether oxygens (including phenoxy) is 4. The van der Waals surface area contributed by atoms with Crippen LogP contribution in [0, 0.1) is 17.8 Å². The van der Waals surface area contributed by atoms with Gasteiger partial charge in [0.05, 0.1) is 17.8 Å². The Hall–Kier alpha value is -2.94. The van der Waals surface area contributed by atoms with Crippen LogP contribution in [0.25, 0.3) is 0 Å². The molecule has 1 rings (SSSR count). The topological polar surface area (TPSA) is 131 Å². The van der Waals surface area contributed by atoms with Crippen molar-refractivity contribution in [1.29, 1.82) is 0 Å². The molecule has 0 saturated carbocycles. The van der Waals surface area contributed by atoms with Crippen molar-refractivity contribution >= 4 is 23.9 Å². The van der Waals surface area contributed by atoms with Crippen molar-refractivity contribution in [3.63, 3.8) is 0 Å². The molecule has 0 spiro atoms. The Kier molecular flexibility index (Phi) is 13.9. The Morgan fingerprint density at radius 3 is 1.84 bits per heavy atom. The summed E-state index contributed by atoms with van der Waals surface area (Å²) in [6.07, 6.45) is 2.46. The van der Waals surface area contributed by atoms with Crippen molar-refractivity contribution in [2.45, 2.75) is 92.7 Å². The first kappa shape index (κ1) is 32.1. The zero-order chi connectivity index (χ0) is 28.1. The lowest BCUT2D eigenvalue weighted by molar-refractivity contribution is -0.161. The molecule has 37 heavy (non-hydrogen) atoms. The summed E-state index contributed by atoms with van der Waals surface area (Å²) in [6, 6.07) is 3.72. The molecule has 2 N–H and O–H groups in total. The zero-order valence-corrected chi connectivity index (χ0v) is 23.2. The summed E-state index contributed by atoms with van der Waals surface area (Å²) in [7, 11) is 0. The van der Waals surface area contributed by atoms with Gasteiger partial charge in [-0.2, -0.15) is 0 Å². The van der Waals surface area contributed by atoms with Gasteiger partial charge in [0.25, 0.3) is 0 Å². The van der Waals surface area contributed by atoms with E-state index in [1.54, 1.807) is 46.8 Å². The first-order valence-corrected chi connectivity index (χ1v) is 13.1. The third-order valence-corrected chi connectivity index (χ3v) is 5.68. The molecule has 9 heteroatoms. The first-order valence-electron chi connectivity index (χ1n) is 13.1. The second-order valence-electron chi connectivity index (χ2n) is 9.85. The average molecular weight is 522 g/mol. The van der Waals surface area contributed by atoms with E-state index in [1.165, 1.54) is 6.07 Å². The van der Waals surface area contributed by atoms with Gasteiger partial charge in [-0.25, -0.2) is 0 Å². The lowest BCUT2D eigenvalue weighted by Crippen LogP contribution is -2.36. The second-order valence-corrected chi connectivity index (χ2v) is 9.85. The molecule has 0 radical (unpaired) electrons. The minimum Gasteiger partial charge on any atom is -0.461 e. The van der Waals surface area contributed by atoms with Crippen LogP contribution in [0.1, 0.15) is 79.7 Å². The highest BCUT2D eigenvalue weighted by Crippen LogP contribution is 2.31. The monoisotopic (exact) mass is 521 g/mol. The molecule has 9 nitrogen and oxygen atoms in total. The van der Waals surface area contributed by atoms with E-state index in [4.69, 9.17) is 24.7 Å². The van der Waals surface area contributed by atoms with Crippen molar-refractivity contribution in [2.75, 3.05) is 6.61 Å². The largest absolute Gasteiger partial charge is 0.461 e. The van der Waals surface area contributed by atoms with Crippen LogP contribution in [0.2, 0.25) is 0 Å². The molecule has 0 saturated heterocycles. The number of rotatable bonds is 15. The maximum atomic E-state index is 12.6. The van der Waals surface area contributed by atoms with E-state index in [0.717, 1.165) is 12.8 Å². The standard InChI is InChI=1S/C28H43NO8/c1-8-10-18(5)26(31)36-23-13-12-21(15-24(23)37-27(32)19(6)11-9-2)14-22(29)28(33)34-16-20(7)35-25(30)17(3)4/h12-13,15,17-20,22H,8-11,14,16,29H2,1-7H3/t18?,19?,20-,22-/m0/s1.